The molecule has 0 unspecified atom stereocenters. The van der Waals surface area contributed by atoms with Crippen molar-refractivity contribution in [1.29, 1.82) is 0 Å². The maximum atomic E-state index is 5.75. The molecule has 2 rings (SSSR count). The van der Waals surface area contributed by atoms with Gasteiger partial charge in [-0.05, 0) is 37.1 Å². The Labute approximate surface area is 101 Å². The third-order valence-electron chi connectivity index (χ3n) is 3.04. The van der Waals surface area contributed by atoms with Crippen molar-refractivity contribution in [3.8, 4) is 17.0 Å². The maximum absolute atomic E-state index is 5.75. The van der Waals surface area contributed by atoms with E-state index in [1.165, 1.54) is 0 Å². The van der Waals surface area contributed by atoms with Crippen molar-refractivity contribution < 1.29 is 4.74 Å². The summed E-state index contributed by atoms with van der Waals surface area (Å²) in [5, 5.41) is 0. The first-order chi connectivity index (χ1) is 8.04. The van der Waals surface area contributed by atoms with Crippen molar-refractivity contribution in [2.24, 2.45) is 7.05 Å². The number of nitrogens with two attached hydrogens (primary N) is 1. The van der Waals surface area contributed by atoms with Crippen LogP contribution >= 0.6 is 0 Å². The summed E-state index contributed by atoms with van der Waals surface area (Å²) in [4.78, 5) is 4.12. The van der Waals surface area contributed by atoms with E-state index in [1.54, 1.807) is 13.3 Å². The third-order valence-corrected chi connectivity index (χ3v) is 3.04. The number of hydrogen-bond acceptors (Lipinski definition) is 3. The summed E-state index contributed by atoms with van der Waals surface area (Å²) in [6.45, 7) is 4.09. The first-order valence-electron chi connectivity index (χ1n) is 5.47. The second-order valence-electron chi connectivity index (χ2n) is 4.20. The molecule has 4 heteroatoms. The molecule has 1 heterocycles. The minimum Gasteiger partial charge on any atom is -0.496 e. The molecule has 0 aliphatic carbocycles. The number of anilines is 1. The minimum absolute atomic E-state index is 0.521. The molecule has 0 atom stereocenters. The fourth-order valence-corrected chi connectivity index (χ4v) is 1.96. The van der Waals surface area contributed by atoms with Gasteiger partial charge in [0.1, 0.15) is 5.75 Å². The van der Waals surface area contributed by atoms with Crippen LogP contribution in [0.2, 0.25) is 0 Å². The Balaban J connectivity index is 2.60. The molecule has 0 aliphatic rings. The average molecular weight is 231 g/mol. The molecule has 0 amide bonds. The van der Waals surface area contributed by atoms with Crippen molar-refractivity contribution >= 4 is 5.95 Å². The first kappa shape index (κ1) is 11.5. The SMILES string of the molecule is COc1cc(C)c(-c2cnc(N)n2C)cc1C. The predicted molar refractivity (Wildman–Crippen MR) is 69.1 cm³/mol. The van der Waals surface area contributed by atoms with Crippen LogP contribution in [0.4, 0.5) is 5.95 Å². The highest BCUT2D eigenvalue weighted by Crippen LogP contribution is 2.30. The number of imidazole rings is 1. The van der Waals surface area contributed by atoms with Gasteiger partial charge in [0.25, 0.3) is 0 Å². The molecule has 0 bridgehead atoms. The van der Waals surface area contributed by atoms with E-state index in [1.807, 2.05) is 24.6 Å². The summed E-state index contributed by atoms with van der Waals surface area (Å²) >= 11 is 0. The molecule has 4 nitrogen and oxygen atoms in total. The topological polar surface area (TPSA) is 53.1 Å². The van der Waals surface area contributed by atoms with Gasteiger partial charge in [0.2, 0.25) is 0 Å². The van der Waals surface area contributed by atoms with Crippen molar-refractivity contribution in [1.82, 2.24) is 9.55 Å². The van der Waals surface area contributed by atoms with Crippen LogP contribution in [0.15, 0.2) is 18.3 Å². The normalized spacial score (nSPS) is 10.6. The number of aryl methyl sites for hydroxylation is 2. The van der Waals surface area contributed by atoms with Crippen LogP contribution in [-0.4, -0.2) is 16.7 Å². The Hall–Kier alpha value is -1.97. The van der Waals surface area contributed by atoms with E-state index in [2.05, 4.69) is 18.0 Å². The van der Waals surface area contributed by atoms with Crippen LogP contribution in [-0.2, 0) is 7.05 Å². The van der Waals surface area contributed by atoms with Gasteiger partial charge in [-0.2, -0.15) is 0 Å². The van der Waals surface area contributed by atoms with Gasteiger partial charge in [0.15, 0.2) is 5.95 Å². The number of methoxy groups -OCH3 is 1. The van der Waals surface area contributed by atoms with Crippen molar-refractivity contribution in [3.05, 3.63) is 29.5 Å². The molecule has 0 spiro atoms. The van der Waals surface area contributed by atoms with E-state index < -0.39 is 0 Å². The molecular weight excluding hydrogens is 214 g/mol. The number of nitrogens with zero attached hydrogens (tertiary/aromatic N) is 2. The van der Waals surface area contributed by atoms with Crippen LogP contribution in [0, 0.1) is 13.8 Å². The van der Waals surface area contributed by atoms with Gasteiger partial charge in [-0.15, -0.1) is 0 Å². The van der Waals surface area contributed by atoms with E-state index in [-0.39, 0.29) is 0 Å². The largest absolute Gasteiger partial charge is 0.496 e. The van der Waals surface area contributed by atoms with Crippen molar-refractivity contribution in [2.75, 3.05) is 12.8 Å². The van der Waals surface area contributed by atoms with Crippen molar-refractivity contribution in [2.45, 2.75) is 13.8 Å². The lowest BCUT2D eigenvalue weighted by Gasteiger charge is -2.11. The van der Waals surface area contributed by atoms with E-state index in [9.17, 15) is 0 Å². The second kappa shape index (κ2) is 4.13. The molecule has 2 N–H and O–H groups in total. The molecule has 0 aliphatic heterocycles. The van der Waals surface area contributed by atoms with E-state index in [4.69, 9.17) is 10.5 Å². The molecular formula is C13H17N3O. The summed E-state index contributed by atoms with van der Waals surface area (Å²) in [5.74, 6) is 1.43. The third kappa shape index (κ3) is 1.86. The molecule has 0 saturated carbocycles. The van der Waals surface area contributed by atoms with Crippen LogP contribution in [0.3, 0.4) is 0 Å². The highest BCUT2D eigenvalue weighted by molar-refractivity contribution is 5.67. The van der Waals surface area contributed by atoms with Crippen LogP contribution in [0.1, 0.15) is 11.1 Å². The molecule has 1 aromatic heterocycles. The molecule has 2 aromatic rings. The summed E-state index contributed by atoms with van der Waals surface area (Å²) in [7, 11) is 3.60. The zero-order valence-corrected chi connectivity index (χ0v) is 10.6. The maximum Gasteiger partial charge on any atom is 0.200 e. The number of benzene rings is 1. The monoisotopic (exact) mass is 231 g/mol. The number of nitrogen functional groups attached to an aromatic ring is 1. The van der Waals surface area contributed by atoms with Gasteiger partial charge in [0, 0.05) is 12.6 Å². The molecule has 1 aromatic carbocycles. The number of aromatic nitrogens is 2. The number of rotatable bonds is 2. The fraction of sp³-hybridized carbons (Fsp3) is 0.308. The summed E-state index contributed by atoms with van der Waals surface area (Å²) in [5.41, 5.74) is 10.2. The zero-order chi connectivity index (χ0) is 12.6. The smallest absolute Gasteiger partial charge is 0.200 e. The van der Waals surface area contributed by atoms with Crippen LogP contribution in [0.25, 0.3) is 11.3 Å². The Morgan fingerprint density at radius 3 is 2.47 bits per heavy atom. The summed E-state index contributed by atoms with van der Waals surface area (Å²) < 4.78 is 7.19. The van der Waals surface area contributed by atoms with Crippen LogP contribution in [0.5, 0.6) is 5.75 Å². The Morgan fingerprint density at radius 1 is 1.24 bits per heavy atom. The lowest BCUT2D eigenvalue weighted by Crippen LogP contribution is -2.00. The van der Waals surface area contributed by atoms with Gasteiger partial charge in [-0.3, -0.25) is 0 Å². The van der Waals surface area contributed by atoms with Gasteiger partial charge in [-0.25, -0.2) is 4.98 Å². The van der Waals surface area contributed by atoms with Crippen molar-refractivity contribution in [3.63, 3.8) is 0 Å². The summed E-state index contributed by atoms with van der Waals surface area (Å²) in [6, 6.07) is 4.14. The van der Waals surface area contributed by atoms with Gasteiger partial charge in [-0.1, -0.05) is 0 Å². The van der Waals surface area contributed by atoms with Gasteiger partial charge in [0.05, 0.1) is 19.0 Å². The predicted octanol–water partition coefficient (Wildman–Crippen LogP) is 2.29. The van der Waals surface area contributed by atoms with E-state index >= 15 is 0 Å². The zero-order valence-electron chi connectivity index (χ0n) is 10.6. The molecule has 90 valence electrons. The molecule has 0 fully saturated rings. The molecule has 0 radical (unpaired) electrons. The standard InChI is InChI=1S/C13H17N3O/c1-8-6-12(17-4)9(2)5-10(8)11-7-15-13(14)16(11)3/h5-7H,1-4H3,(H2,14,15). The summed E-state index contributed by atoms with van der Waals surface area (Å²) in [6.07, 6.45) is 1.80. The second-order valence-corrected chi connectivity index (χ2v) is 4.20. The molecule has 17 heavy (non-hydrogen) atoms. The highest BCUT2D eigenvalue weighted by atomic mass is 16.5. The van der Waals surface area contributed by atoms with E-state index in [0.717, 1.165) is 28.1 Å². The number of ether oxygens (including phenoxy) is 1. The molecule has 0 saturated heterocycles. The van der Waals surface area contributed by atoms with E-state index in [0.29, 0.717) is 5.95 Å². The average Bonchev–Trinajstić information content (AvgIpc) is 2.63. The minimum atomic E-state index is 0.521. The van der Waals surface area contributed by atoms with Crippen LogP contribution < -0.4 is 10.5 Å². The lowest BCUT2D eigenvalue weighted by molar-refractivity contribution is 0.411. The lowest BCUT2D eigenvalue weighted by atomic mass is 10.0. The van der Waals surface area contributed by atoms with Gasteiger partial charge < -0.3 is 15.0 Å². The van der Waals surface area contributed by atoms with Gasteiger partial charge >= 0.3 is 0 Å². The Morgan fingerprint density at radius 2 is 1.94 bits per heavy atom. The quantitative estimate of drug-likeness (QED) is 0.862. The highest BCUT2D eigenvalue weighted by Gasteiger charge is 2.11. The Bertz CT molecular complexity index is 558. The Kier molecular flexibility index (Phi) is 2.79. The first-order valence-corrected chi connectivity index (χ1v) is 5.47. The fourth-order valence-electron chi connectivity index (χ4n) is 1.96. The number of hydrogen-bond donors (Lipinski definition) is 1.